The Morgan fingerprint density at radius 2 is 1.39 bits per heavy atom. The van der Waals surface area contributed by atoms with E-state index in [4.69, 9.17) is 4.74 Å². The maximum Gasteiger partial charge on any atom is 0.306 e. The Bertz CT molecular complexity index is 963. The Morgan fingerprint density at radius 3 is 2.11 bits per heavy atom. The maximum absolute atomic E-state index is 12.8. The summed E-state index contributed by atoms with van der Waals surface area (Å²) < 4.78 is 6.15. The molecule has 4 saturated carbocycles. The van der Waals surface area contributed by atoms with Crippen molar-refractivity contribution in [2.75, 3.05) is 0 Å². The number of allylic oxidation sites excluding steroid dienone is 4. The summed E-state index contributed by atoms with van der Waals surface area (Å²) in [6.45, 7) is 17.2. The summed E-state index contributed by atoms with van der Waals surface area (Å²) in [6, 6.07) is 0. The molecule has 2 heteroatoms. The molecule has 0 spiro atoms. The van der Waals surface area contributed by atoms with Crippen LogP contribution in [0.1, 0.15) is 183 Å². The minimum absolute atomic E-state index is 0.0738. The summed E-state index contributed by atoms with van der Waals surface area (Å²) in [4.78, 5) is 12.8. The first-order valence-electron chi connectivity index (χ1n) is 20.6. The molecule has 0 heterocycles. The molecule has 0 bridgehead atoms. The van der Waals surface area contributed by atoms with E-state index in [1.165, 1.54) is 103 Å². The number of unbranched alkanes of at least 4 members (excludes halogenated alkanes) is 9. The van der Waals surface area contributed by atoms with Gasteiger partial charge in [0.2, 0.25) is 0 Å². The van der Waals surface area contributed by atoms with E-state index in [0.717, 1.165) is 61.2 Å². The van der Waals surface area contributed by atoms with Crippen molar-refractivity contribution in [1.82, 2.24) is 0 Å². The molecule has 46 heavy (non-hydrogen) atoms. The summed E-state index contributed by atoms with van der Waals surface area (Å²) >= 11 is 0. The van der Waals surface area contributed by atoms with Gasteiger partial charge in [0.05, 0.1) is 0 Å². The first-order chi connectivity index (χ1) is 22.1. The van der Waals surface area contributed by atoms with Crippen molar-refractivity contribution in [2.24, 2.45) is 58.2 Å². The normalized spacial score (nSPS) is 35.7. The topological polar surface area (TPSA) is 26.3 Å². The van der Waals surface area contributed by atoms with E-state index in [2.05, 4.69) is 72.8 Å². The van der Waals surface area contributed by atoms with Crippen molar-refractivity contribution in [1.29, 1.82) is 0 Å². The van der Waals surface area contributed by atoms with Crippen LogP contribution in [0.25, 0.3) is 0 Å². The van der Waals surface area contributed by atoms with Crippen molar-refractivity contribution in [3.05, 3.63) is 24.3 Å². The van der Waals surface area contributed by atoms with Gasteiger partial charge < -0.3 is 4.74 Å². The number of carbonyl (C=O) groups excluding carboxylic acids is 1. The van der Waals surface area contributed by atoms with Gasteiger partial charge in [0.15, 0.2) is 0 Å². The van der Waals surface area contributed by atoms with Gasteiger partial charge in [-0.15, -0.1) is 0 Å². The molecule has 10 atom stereocenters. The monoisotopic (exact) mass is 637 g/mol. The van der Waals surface area contributed by atoms with Gasteiger partial charge in [0.1, 0.15) is 6.10 Å². The van der Waals surface area contributed by atoms with Crippen LogP contribution in [0.3, 0.4) is 0 Å². The minimum Gasteiger partial charge on any atom is -0.462 e. The van der Waals surface area contributed by atoms with Gasteiger partial charge in [-0.2, -0.15) is 0 Å². The summed E-state index contributed by atoms with van der Waals surface area (Å²) in [5.74, 6) is 6.47. The molecule has 2 unspecified atom stereocenters. The first-order valence-corrected chi connectivity index (χ1v) is 20.6. The Morgan fingerprint density at radius 1 is 0.739 bits per heavy atom. The Hall–Kier alpha value is -1.05. The van der Waals surface area contributed by atoms with E-state index in [1.807, 2.05) is 0 Å². The lowest BCUT2D eigenvalue weighted by Gasteiger charge is -2.61. The lowest BCUT2D eigenvalue weighted by Crippen LogP contribution is -2.54. The molecule has 0 radical (unpaired) electrons. The third kappa shape index (κ3) is 9.55. The lowest BCUT2D eigenvalue weighted by atomic mass is 9.44. The highest BCUT2D eigenvalue weighted by Gasteiger charge is 2.60. The largest absolute Gasteiger partial charge is 0.462 e. The van der Waals surface area contributed by atoms with E-state index in [9.17, 15) is 4.79 Å². The second-order valence-corrected chi connectivity index (χ2v) is 17.7. The fraction of sp³-hybridized carbons (Fsp3) is 0.886. The number of ether oxygens (including phenoxy) is 1. The van der Waals surface area contributed by atoms with Crippen molar-refractivity contribution in [3.8, 4) is 0 Å². The fourth-order valence-electron chi connectivity index (χ4n) is 11.2. The average molecular weight is 637 g/mol. The molecule has 0 aromatic heterocycles. The number of hydrogen-bond acceptors (Lipinski definition) is 2. The molecule has 0 aromatic rings. The van der Waals surface area contributed by atoms with Crippen molar-refractivity contribution >= 4 is 5.97 Å². The lowest BCUT2D eigenvalue weighted by molar-refractivity contribution is -0.162. The van der Waals surface area contributed by atoms with Crippen molar-refractivity contribution < 1.29 is 9.53 Å². The highest BCUT2D eigenvalue weighted by atomic mass is 16.5. The molecule has 0 saturated heterocycles. The van der Waals surface area contributed by atoms with Gasteiger partial charge in [0.25, 0.3) is 0 Å². The zero-order valence-electron chi connectivity index (χ0n) is 31.7. The molecule has 4 fully saturated rings. The highest BCUT2D eigenvalue weighted by molar-refractivity contribution is 5.69. The summed E-state index contributed by atoms with van der Waals surface area (Å²) in [7, 11) is 0. The highest BCUT2D eigenvalue weighted by Crippen LogP contribution is 2.68. The van der Waals surface area contributed by atoms with E-state index >= 15 is 0 Å². The molecule has 4 aliphatic rings. The van der Waals surface area contributed by atoms with Gasteiger partial charge in [0, 0.05) is 6.42 Å². The van der Waals surface area contributed by atoms with E-state index in [0.29, 0.717) is 29.1 Å². The van der Waals surface area contributed by atoms with Crippen LogP contribution >= 0.6 is 0 Å². The van der Waals surface area contributed by atoms with Crippen LogP contribution in [0, 0.1) is 58.2 Å². The molecule has 4 aliphatic carbocycles. The molecule has 0 aliphatic heterocycles. The van der Waals surface area contributed by atoms with Gasteiger partial charge >= 0.3 is 5.97 Å². The third-order valence-corrected chi connectivity index (χ3v) is 14.5. The smallest absolute Gasteiger partial charge is 0.306 e. The van der Waals surface area contributed by atoms with E-state index in [1.54, 1.807) is 0 Å². The molecule has 0 amide bonds. The first kappa shape index (κ1) is 37.8. The predicted octanol–water partition coefficient (Wildman–Crippen LogP) is 13.3. The summed E-state index contributed by atoms with van der Waals surface area (Å²) in [5.41, 5.74) is 0.972. The number of rotatable bonds is 18. The molecule has 0 N–H and O–H groups in total. The Labute approximate surface area is 286 Å². The van der Waals surface area contributed by atoms with Crippen LogP contribution in [0.4, 0.5) is 0 Å². The molecular formula is C44H76O2. The number of carbonyl (C=O) groups is 1. The second kappa shape index (κ2) is 18.1. The van der Waals surface area contributed by atoms with Crippen LogP contribution in [-0.4, -0.2) is 12.1 Å². The molecule has 2 nitrogen and oxygen atoms in total. The van der Waals surface area contributed by atoms with Crippen molar-refractivity contribution in [3.63, 3.8) is 0 Å². The third-order valence-electron chi connectivity index (χ3n) is 14.5. The molecular weight excluding hydrogens is 560 g/mol. The van der Waals surface area contributed by atoms with Crippen LogP contribution in [-0.2, 0) is 9.53 Å². The number of fused-ring (bicyclic) bond motifs is 5. The predicted molar refractivity (Wildman–Crippen MR) is 198 cm³/mol. The zero-order chi connectivity index (χ0) is 33.2. The standard InChI is InChI=1S/C44H76O2/c1-8-9-10-11-12-13-14-15-16-17-18-19-20-21-42(45)46-37-28-30-43(6)36(32-37)24-25-38-40-27-26-39(44(40,7)31-29-41(38)43)35(5)23-22-34(4)33(2)3/h13-14,22-23,33-41H,8-12,15-21,24-32H2,1-7H3/t34-,35+,36?,37?,38-,39+,40-,41-,43-,44+/m0/s1. The van der Waals surface area contributed by atoms with Gasteiger partial charge in [-0.05, 0) is 148 Å². The van der Waals surface area contributed by atoms with Crippen molar-refractivity contribution in [2.45, 2.75) is 189 Å². The summed E-state index contributed by atoms with van der Waals surface area (Å²) in [5, 5.41) is 0. The van der Waals surface area contributed by atoms with Gasteiger partial charge in [-0.25, -0.2) is 0 Å². The van der Waals surface area contributed by atoms with E-state index in [-0.39, 0.29) is 12.1 Å². The number of hydrogen-bond donors (Lipinski definition) is 0. The van der Waals surface area contributed by atoms with Crippen LogP contribution < -0.4 is 0 Å². The van der Waals surface area contributed by atoms with Gasteiger partial charge in [-0.3, -0.25) is 4.79 Å². The van der Waals surface area contributed by atoms with Crippen LogP contribution in [0.2, 0.25) is 0 Å². The second-order valence-electron chi connectivity index (χ2n) is 17.7. The fourth-order valence-corrected chi connectivity index (χ4v) is 11.2. The van der Waals surface area contributed by atoms with Gasteiger partial charge in [-0.1, -0.05) is 111 Å². The van der Waals surface area contributed by atoms with E-state index < -0.39 is 0 Å². The molecule has 0 aromatic carbocycles. The average Bonchev–Trinajstić information content (AvgIpc) is 3.39. The van der Waals surface area contributed by atoms with Crippen LogP contribution in [0.5, 0.6) is 0 Å². The minimum atomic E-state index is 0.0738. The van der Waals surface area contributed by atoms with Crippen LogP contribution in [0.15, 0.2) is 24.3 Å². The Kier molecular flexibility index (Phi) is 14.8. The quantitative estimate of drug-likeness (QED) is 0.0850. The number of esters is 1. The zero-order valence-corrected chi connectivity index (χ0v) is 31.7. The molecule has 264 valence electrons. The molecule has 4 rings (SSSR count). The Balaban J connectivity index is 1.15. The summed E-state index contributed by atoms with van der Waals surface area (Å²) in [6.07, 6.45) is 36.5. The SMILES string of the molecule is CCCCCCC=CCCCCCCCC(=O)OC1CC[C@@]2(C)C(CC[C@H]3[C@@H]4CC[C@H]([C@H](C)C=C[C@H](C)C(C)C)[C@@]4(C)CC[C@@H]32)C1. The maximum atomic E-state index is 12.8.